The van der Waals surface area contributed by atoms with Crippen LogP contribution in [0, 0.1) is 5.92 Å². The maximum atomic E-state index is 13.2. The van der Waals surface area contributed by atoms with Gasteiger partial charge in [0, 0.05) is 55.6 Å². The third-order valence-electron chi connectivity index (χ3n) is 11.0. The fraction of sp³-hybridized carbons (Fsp3) is 0.561. The van der Waals surface area contributed by atoms with Crippen LogP contribution in [0.1, 0.15) is 92.0 Å². The van der Waals surface area contributed by atoms with Crippen molar-refractivity contribution >= 4 is 59.5 Å². The molecule has 6 amide bonds. The standard InChI is InChI=1S/C41H54N8O9/c1-26(2)22-28-23-43-41(46-37(28)48(25-50)32-9-4-6-27(32)3)44-29-12-15-47(16-13-29)35(52)24-58-21-20-57-19-18-56-17-14-42-31-8-5-7-30-36(31)40(55)49(39(30)54)33-10-11-34(51)45-38(33)53/h5,7-8,22-23,25,27,29,32-33,42H,4,6,9-21,24H2,1-3H3,(H,43,44,46)(H,45,51,53). The highest BCUT2D eigenvalue weighted by Gasteiger charge is 2.45. The van der Waals surface area contributed by atoms with Crippen molar-refractivity contribution in [3.05, 3.63) is 46.7 Å². The minimum atomic E-state index is -1.03. The summed E-state index contributed by atoms with van der Waals surface area (Å²) in [5, 5.41) is 8.76. The van der Waals surface area contributed by atoms with E-state index in [1.165, 1.54) is 0 Å². The van der Waals surface area contributed by atoms with Crippen LogP contribution in [0.3, 0.4) is 0 Å². The second-order valence-electron chi connectivity index (χ2n) is 15.4. The summed E-state index contributed by atoms with van der Waals surface area (Å²) in [7, 11) is 0. The molecule has 3 atom stereocenters. The first-order valence-corrected chi connectivity index (χ1v) is 20.2. The number of carbonyl (C=O) groups is 6. The summed E-state index contributed by atoms with van der Waals surface area (Å²) in [6, 6.07) is 4.06. The number of nitrogens with one attached hydrogen (secondary N) is 3. The molecule has 1 saturated carbocycles. The molecule has 0 bridgehead atoms. The SMILES string of the molecule is CC(C)=Cc1cnc(NC2CCN(C(=O)COCCOCCOCCNc3cccc4c3C(=O)N(C3CCC(=O)NC3=O)C4=O)CC2)nc1N(C=O)C1CCCC1C. The molecule has 2 saturated heterocycles. The van der Waals surface area contributed by atoms with Crippen molar-refractivity contribution in [3.63, 3.8) is 0 Å². The molecule has 4 heterocycles. The number of benzene rings is 1. The van der Waals surface area contributed by atoms with Gasteiger partial charge in [0.1, 0.15) is 18.5 Å². The molecule has 58 heavy (non-hydrogen) atoms. The van der Waals surface area contributed by atoms with E-state index >= 15 is 0 Å². The van der Waals surface area contributed by atoms with Gasteiger partial charge in [-0.25, -0.2) is 4.98 Å². The van der Waals surface area contributed by atoms with Crippen LogP contribution in [-0.2, 0) is 33.4 Å². The molecule has 1 aliphatic carbocycles. The lowest BCUT2D eigenvalue weighted by Crippen LogP contribution is -2.54. The van der Waals surface area contributed by atoms with E-state index in [9.17, 15) is 28.8 Å². The van der Waals surface area contributed by atoms with Gasteiger partial charge in [-0.05, 0) is 64.0 Å². The van der Waals surface area contributed by atoms with E-state index in [0.29, 0.717) is 69.4 Å². The van der Waals surface area contributed by atoms with Crippen LogP contribution in [0.5, 0.6) is 0 Å². The van der Waals surface area contributed by atoms with Crippen LogP contribution in [-0.4, -0.2) is 133 Å². The molecule has 312 valence electrons. The maximum absolute atomic E-state index is 13.2. The van der Waals surface area contributed by atoms with Crippen molar-refractivity contribution < 1.29 is 43.0 Å². The Morgan fingerprint density at radius 1 is 0.966 bits per heavy atom. The number of imide groups is 2. The van der Waals surface area contributed by atoms with E-state index in [1.807, 2.05) is 19.9 Å². The highest BCUT2D eigenvalue weighted by atomic mass is 16.5. The summed E-state index contributed by atoms with van der Waals surface area (Å²) in [4.78, 5) is 89.2. The summed E-state index contributed by atoms with van der Waals surface area (Å²) >= 11 is 0. The number of hydrogen-bond acceptors (Lipinski definition) is 13. The van der Waals surface area contributed by atoms with Gasteiger partial charge in [-0.3, -0.25) is 43.9 Å². The molecule has 0 radical (unpaired) electrons. The number of carbonyl (C=O) groups excluding carboxylic acids is 6. The molecule has 2 aromatic rings. The lowest BCUT2D eigenvalue weighted by molar-refractivity contribution is -0.138. The fourth-order valence-corrected chi connectivity index (χ4v) is 7.96. The number of allylic oxidation sites excluding steroid dienone is 1. The third-order valence-corrected chi connectivity index (χ3v) is 11.0. The molecular weight excluding hydrogens is 748 g/mol. The lowest BCUT2D eigenvalue weighted by Gasteiger charge is -2.33. The first kappa shape index (κ1) is 42.3. The zero-order valence-electron chi connectivity index (χ0n) is 33.5. The summed E-state index contributed by atoms with van der Waals surface area (Å²) in [5.74, 6) is -0.800. The quantitative estimate of drug-likeness (QED) is 0.106. The number of rotatable bonds is 19. The van der Waals surface area contributed by atoms with E-state index in [-0.39, 0.29) is 55.2 Å². The van der Waals surface area contributed by atoms with E-state index in [0.717, 1.165) is 54.6 Å². The van der Waals surface area contributed by atoms with Crippen molar-refractivity contribution in [2.24, 2.45) is 5.92 Å². The van der Waals surface area contributed by atoms with Gasteiger partial charge in [0.15, 0.2) is 0 Å². The molecular formula is C41H54N8O9. The van der Waals surface area contributed by atoms with E-state index in [1.54, 1.807) is 34.2 Å². The molecule has 3 unspecified atom stereocenters. The second kappa shape index (κ2) is 19.9. The molecule has 3 N–H and O–H groups in total. The third kappa shape index (κ3) is 10.2. The summed E-state index contributed by atoms with van der Waals surface area (Å²) in [6.45, 7) is 9.17. The maximum Gasteiger partial charge on any atom is 0.264 e. The minimum absolute atomic E-state index is 0.0361. The van der Waals surface area contributed by atoms with Gasteiger partial charge in [0.25, 0.3) is 11.8 Å². The molecule has 3 aliphatic heterocycles. The van der Waals surface area contributed by atoms with Crippen molar-refractivity contribution in [3.8, 4) is 0 Å². The number of ether oxygens (including phenoxy) is 3. The Morgan fingerprint density at radius 3 is 2.40 bits per heavy atom. The van der Waals surface area contributed by atoms with Gasteiger partial charge in [-0.2, -0.15) is 4.98 Å². The van der Waals surface area contributed by atoms with Gasteiger partial charge < -0.3 is 29.7 Å². The van der Waals surface area contributed by atoms with E-state index in [2.05, 4.69) is 27.9 Å². The number of amides is 6. The molecule has 17 heteroatoms. The van der Waals surface area contributed by atoms with Crippen LogP contribution in [0.15, 0.2) is 30.0 Å². The van der Waals surface area contributed by atoms with Gasteiger partial charge in [0.05, 0.1) is 44.2 Å². The number of nitrogens with zero attached hydrogens (tertiary/aromatic N) is 5. The fourth-order valence-electron chi connectivity index (χ4n) is 7.96. The molecule has 3 fully saturated rings. The molecule has 0 spiro atoms. The van der Waals surface area contributed by atoms with Crippen molar-refractivity contribution in [1.29, 1.82) is 0 Å². The molecule has 1 aromatic heterocycles. The molecule has 1 aromatic carbocycles. The monoisotopic (exact) mass is 802 g/mol. The number of likely N-dealkylation sites (tertiary alicyclic amines) is 1. The average Bonchev–Trinajstić information content (AvgIpc) is 3.74. The Bertz CT molecular complexity index is 1880. The molecule has 6 rings (SSSR count). The Kier molecular flexibility index (Phi) is 14.6. The topological polar surface area (TPSA) is 202 Å². The second-order valence-corrected chi connectivity index (χ2v) is 15.4. The number of hydrogen-bond donors (Lipinski definition) is 3. The summed E-state index contributed by atoms with van der Waals surface area (Å²) < 4.78 is 16.8. The van der Waals surface area contributed by atoms with Crippen molar-refractivity contribution in [1.82, 2.24) is 25.1 Å². The van der Waals surface area contributed by atoms with E-state index in [4.69, 9.17) is 19.2 Å². The predicted octanol–water partition coefficient (Wildman–Crippen LogP) is 3.02. The Labute approximate surface area is 338 Å². The van der Waals surface area contributed by atoms with Gasteiger partial charge in [-0.1, -0.05) is 31.1 Å². The Balaban J connectivity index is 0.836. The number of piperidine rings is 2. The Hall–Kier alpha value is -5.26. The van der Waals surface area contributed by atoms with Gasteiger partial charge >= 0.3 is 0 Å². The summed E-state index contributed by atoms with van der Waals surface area (Å²) in [6.07, 6.45) is 9.40. The normalized spacial score (nSPS) is 20.8. The van der Waals surface area contributed by atoms with Crippen molar-refractivity contribution in [2.75, 3.05) is 74.8 Å². The van der Waals surface area contributed by atoms with Crippen LogP contribution < -0.4 is 20.9 Å². The van der Waals surface area contributed by atoms with Crippen molar-refractivity contribution in [2.45, 2.75) is 83.8 Å². The Morgan fingerprint density at radius 2 is 1.71 bits per heavy atom. The van der Waals surface area contributed by atoms with E-state index < -0.39 is 29.7 Å². The zero-order chi connectivity index (χ0) is 41.2. The highest BCUT2D eigenvalue weighted by Crippen LogP contribution is 2.34. The average molecular weight is 803 g/mol. The number of anilines is 3. The minimum Gasteiger partial charge on any atom is -0.382 e. The number of fused-ring (bicyclic) bond motifs is 1. The number of aromatic nitrogens is 2. The first-order chi connectivity index (χ1) is 28.0. The van der Waals surface area contributed by atoms with Crippen LogP contribution in [0.2, 0.25) is 0 Å². The van der Waals surface area contributed by atoms with Crippen LogP contribution >= 0.6 is 0 Å². The van der Waals surface area contributed by atoms with Crippen LogP contribution in [0.25, 0.3) is 6.08 Å². The van der Waals surface area contributed by atoms with Gasteiger partial charge in [-0.15, -0.1) is 0 Å². The predicted molar refractivity (Wildman–Crippen MR) is 214 cm³/mol. The zero-order valence-corrected chi connectivity index (χ0v) is 33.5. The molecule has 4 aliphatic rings. The molecule has 17 nitrogen and oxygen atoms in total. The van der Waals surface area contributed by atoms with Gasteiger partial charge in [0.2, 0.25) is 30.1 Å². The summed E-state index contributed by atoms with van der Waals surface area (Å²) in [5.41, 5.74) is 2.77. The first-order valence-electron chi connectivity index (χ1n) is 20.2. The highest BCUT2D eigenvalue weighted by molar-refractivity contribution is 6.25. The lowest BCUT2D eigenvalue weighted by atomic mass is 10.0. The largest absolute Gasteiger partial charge is 0.382 e. The van der Waals surface area contributed by atoms with Crippen LogP contribution in [0.4, 0.5) is 17.5 Å². The smallest absolute Gasteiger partial charge is 0.264 e.